The molecule has 1 aromatic heterocycles. The summed E-state index contributed by atoms with van der Waals surface area (Å²) in [5.74, 6) is -3.20. The number of carboxylic acid groups (broad SMARTS) is 1. The van der Waals surface area contributed by atoms with Crippen LogP contribution in [-0.2, 0) is 20.7 Å². The number of nitrogens with one attached hydrogen (secondary N) is 1. The van der Waals surface area contributed by atoms with Crippen LogP contribution in [0.3, 0.4) is 0 Å². The van der Waals surface area contributed by atoms with Gasteiger partial charge in [0, 0.05) is 4.88 Å². The number of amides is 1. The summed E-state index contributed by atoms with van der Waals surface area (Å²) < 4.78 is 5.16. The standard InChI is InChI=1S/C20H27NO5S/c1-6-13-12(5)27-18(16(13)20(25)26-7-2)21-17(22)14-8-10(3)11(4)9-15(14)19(23)24/h14-15H,6-9H2,1-5H3,(H,21,22)(H,23,24)/t14-,15+/m1/s1. The van der Waals surface area contributed by atoms with Gasteiger partial charge in [0.15, 0.2) is 0 Å². The third kappa shape index (κ3) is 4.40. The quantitative estimate of drug-likeness (QED) is 0.559. The van der Waals surface area contributed by atoms with Crippen LogP contribution in [0.2, 0.25) is 0 Å². The average molecular weight is 394 g/mol. The van der Waals surface area contributed by atoms with E-state index in [1.807, 2.05) is 27.7 Å². The van der Waals surface area contributed by atoms with Crippen molar-refractivity contribution in [2.24, 2.45) is 11.8 Å². The van der Waals surface area contributed by atoms with Crippen molar-refractivity contribution in [2.45, 2.75) is 53.9 Å². The lowest BCUT2D eigenvalue weighted by molar-refractivity contribution is -0.146. The van der Waals surface area contributed by atoms with Crippen LogP contribution in [0.25, 0.3) is 0 Å². The maximum Gasteiger partial charge on any atom is 0.341 e. The van der Waals surface area contributed by atoms with Crippen LogP contribution in [0.1, 0.15) is 61.3 Å². The molecule has 1 aliphatic rings. The molecule has 1 aliphatic carbocycles. The van der Waals surface area contributed by atoms with Crippen molar-refractivity contribution < 1.29 is 24.2 Å². The molecule has 0 aromatic carbocycles. The van der Waals surface area contributed by atoms with Gasteiger partial charge >= 0.3 is 11.9 Å². The Kier molecular flexibility index (Phi) is 6.81. The van der Waals surface area contributed by atoms with Gasteiger partial charge in [-0.1, -0.05) is 18.1 Å². The van der Waals surface area contributed by atoms with E-state index in [-0.39, 0.29) is 12.5 Å². The van der Waals surface area contributed by atoms with Crippen molar-refractivity contribution in [3.8, 4) is 0 Å². The van der Waals surface area contributed by atoms with E-state index in [4.69, 9.17) is 4.74 Å². The summed E-state index contributed by atoms with van der Waals surface area (Å²) in [6.07, 6.45) is 1.43. The van der Waals surface area contributed by atoms with E-state index in [1.54, 1.807) is 6.92 Å². The lowest BCUT2D eigenvalue weighted by Gasteiger charge is -2.29. The Hall–Kier alpha value is -2.15. The average Bonchev–Trinajstić information content (AvgIpc) is 2.91. The Morgan fingerprint density at radius 1 is 1.11 bits per heavy atom. The van der Waals surface area contributed by atoms with Crippen molar-refractivity contribution in [2.75, 3.05) is 11.9 Å². The topological polar surface area (TPSA) is 92.7 Å². The van der Waals surface area contributed by atoms with Crippen LogP contribution in [0.5, 0.6) is 0 Å². The van der Waals surface area contributed by atoms with Crippen LogP contribution in [0.4, 0.5) is 5.00 Å². The largest absolute Gasteiger partial charge is 0.481 e. The highest BCUT2D eigenvalue weighted by atomic mass is 32.1. The molecular formula is C20H27NO5S. The van der Waals surface area contributed by atoms with Gasteiger partial charge in [-0.3, -0.25) is 9.59 Å². The third-order valence-electron chi connectivity index (χ3n) is 5.20. The highest BCUT2D eigenvalue weighted by molar-refractivity contribution is 7.16. The van der Waals surface area contributed by atoms with Crippen molar-refractivity contribution in [1.29, 1.82) is 0 Å². The van der Waals surface area contributed by atoms with Gasteiger partial charge in [-0.2, -0.15) is 0 Å². The van der Waals surface area contributed by atoms with Crippen LogP contribution in [-0.4, -0.2) is 29.6 Å². The van der Waals surface area contributed by atoms with Crippen molar-refractivity contribution >= 4 is 34.2 Å². The number of allylic oxidation sites excluding steroid dienone is 2. The minimum Gasteiger partial charge on any atom is -0.481 e. The first-order valence-electron chi connectivity index (χ1n) is 9.19. The highest BCUT2D eigenvalue weighted by Crippen LogP contribution is 2.38. The first kappa shape index (κ1) is 21.2. The van der Waals surface area contributed by atoms with Gasteiger partial charge < -0.3 is 15.2 Å². The molecule has 0 saturated heterocycles. The molecule has 1 heterocycles. The van der Waals surface area contributed by atoms with E-state index in [9.17, 15) is 19.5 Å². The fourth-order valence-electron chi connectivity index (χ4n) is 3.54. The predicted octanol–water partition coefficient (Wildman–Crippen LogP) is 4.18. The van der Waals surface area contributed by atoms with Crippen molar-refractivity contribution in [1.82, 2.24) is 0 Å². The molecule has 0 aliphatic heterocycles. The zero-order valence-electron chi connectivity index (χ0n) is 16.5. The molecule has 0 fully saturated rings. The first-order valence-corrected chi connectivity index (χ1v) is 10.0. The van der Waals surface area contributed by atoms with E-state index < -0.39 is 23.8 Å². The Bertz CT molecular complexity index is 793. The minimum atomic E-state index is -0.968. The van der Waals surface area contributed by atoms with Crippen LogP contribution in [0.15, 0.2) is 11.1 Å². The maximum atomic E-state index is 12.9. The normalized spacial score (nSPS) is 19.7. The number of aryl methyl sites for hydroxylation is 1. The van der Waals surface area contributed by atoms with Gasteiger partial charge in [-0.05, 0) is 52.5 Å². The molecule has 0 radical (unpaired) electrons. The van der Waals surface area contributed by atoms with E-state index in [0.29, 0.717) is 29.8 Å². The number of carbonyl (C=O) groups excluding carboxylic acids is 2. The van der Waals surface area contributed by atoms with Crippen LogP contribution >= 0.6 is 11.3 Å². The Balaban J connectivity index is 2.34. The number of carbonyl (C=O) groups is 3. The molecule has 0 spiro atoms. The molecule has 2 rings (SSSR count). The predicted molar refractivity (Wildman–Crippen MR) is 105 cm³/mol. The summed E-state index contributed by atoms with van der Waals surface area (Å²) in [5, 5.41) is 12.8. The Morgan fingerprint density at radius 3 is 2.22 bits per heavy atom. The van der Waals surface area contributed by atoms with Crippen molar-refractivity contribution in [3.05, 3.63) is 27.2 Å². The number of carboxylic acids is 1. The molecule has 1 amide bonds. The number of thiophene rings is 1. The van der Waals surface area contributed by atoms with E-state index in [1.165, 1.54) is 11.3 Å². The molecular weight excluding hydrogens is 366 g/mol. The maximum absolute atomic E-state index is 12.9. The number of hydrogen-bond acceptors (Lipinski definition) is 5. The van der Waals surface area contributed by atoms with Gasteiger partial charge in [0.1, 0.15) is 5.00 Å². The van der Waals surface area contributed by atoms with Gasteiger partial charge in [-0.25, -0.2) is 4.79 Å². The fourth-order valence-corrected chi connectivity index (χ4v) is 4.68. The summed E-state index contributed by atoms with van der Waals surface area (Å²) in [7, 11) is 0. The second-order valence-electron chi connectivity index (χ2n) is 6.92. The molecule has 0 bridgehead atoms. The van der Waals surface area contributed by atoms with Gasteiger partial charge in [0.05, 0.1) is 24.0 Å². The van der Waals surface area contributed by atoms with Gasteiger partial charge in [-0.15, -0.1) is 11.3 Å². The number of rotatable bonds is 6. The smallest absolute Gasteiger partial charge is 0.341 e. The fraction of sp³-hybridized carbons (Fsp3) is 0.550. The summed E-state index contributed by atoms with van der Waals surface area (Å²) in [5.41, 5.74) is 3.33. The van der Waals surface area contributed by atoms with Crippen LogP contribution < -0.4 is 5.32 Å². The number of anilines is 1. The molecule has 6 nitrogen and oxygen atoms in total. The zero-order chi connectivity index (χ0) is 20.3. The number of hydrogen-bond donors (Lipinski definition) is 2. The van der Waals surface area contributed by atoms with Gasteiger partial charge in [0.25, 0.3) is 0 Å². The monoisotopic (exact) mass is 393 g/mol. The summed E-state index contributed by atoms with van der Waals surface area (Å²) in [4.78, 5) is 38.0. The molecule has 2 N–H and O–H groups in total. The molecule has 7 heteroatoms. The molecule has 2 atom stereocenters. The van der Waals surface area contributed by atoms with E-state index >= 15 is 0 Å². The molecule has 0 saturated carbocycles. The number of ether oxygens (including phenoxy) is 1. The summed E-state index contributed by atoms with van der Waals surface area (Å²) in [6, 6.07) is 0. The SMILES string of the molecule is CCOC(=O)c1c(NC(=O)[C@@H]2CC(C)=C(C)C[C@@H]2C(=O)O)sc(C)c1CC. The summed E-state index contributed by atoms with van der Waals surface area (Å²) in [6.45, 7) is 9.67. The van der Waals surface area contributed by atoms with E-state index in [2.05, 4.69) is 5.32 Å². The first-order chi connectivity index (χ1) is 12.7. The van der Waals surface area contributed by atoms with Gasteiger partial charge in [0.2, 0.25) is 5.91 Å². The molecule has 0 unspecified atom stereocenters. The van der Waals surface area contributed by atoms with Crippen molar-refractivity contribution in [3.63, 3.8) is 0 Å². The van der Waals surface area contributed by atoms with Crippen LogP contribution in [0, 0.1) is 18.8 Å². The molecule has 148 valence electrons. The van der Waals surface area contributed by atoms with E-state index in [0.717, 1.165) is 21.6 Å². The highest BCUT2D eigenvalue weighted by Gasteiger charge is 2.38. The summed E-state index contributed by atoms with van der Waals surface area (Å²) >= 11 is 1.33. The third-order valence-corrected chi connectivity index (χ3v) is 6.26. The minimum absolute atomic E-state index is 0.247. The second kappa shape index (κ2) is 8.69. The molecule has 27 heavy (non-hydrogen) atoms. The Labute approximate surface area is 163 Å². The lowest BCUT2D eigenvalue weighted by Crippen LogP contribution is -2.36. The number of esters is 1. The second-order valence-corrected chi connectivity index (χ2v) is 8.15. The number of aliphatic carboxylic acids is 1. The molecule has 1 aromatic rings. The zero-order valence-corrected chi connectivity index (χ0v) is 17.3. The Morgan fingerprint density at radius 2 is 1.70 bits per heavy atom. The lowest BCUT2D eigenvalue weighted by atomic mass is 9.76.